The average Bonchev–Trinajstić information content (AvgIpc) is 2.58. The zero-order chi connectivity index (χ0) is 19.0. The van der Waals surface area contributed by atoms with Gasteiger partial charge in [0.2, 0.25) is 5.43 Å². The van der Waals surface area contributed by atoms with Gasteiger partial charge in [-0.1, -0.05) is 34.8 Å². The number of carbonyl (C=O) groups is 1. The van der Waals surface area contributed by atoms with Gasteiger partial charge >= 0.3 is 0 Å². The Morgan fingerprint density at radius 3 is 2.35 bits per heavy atom. The van der Waals surface area contributed by atoms with E-state index in [1.807, 2.05) is 0 Å². The molecule has 0 saturated carbocycles. The van der Waals surface area contributed by atoms with Crippen molar-refractivity contribution >= 4 is 63.0 Å². The van der Waals surface area contributed by atoms with Crippen molar-refractivity contribution in [1.29, 1.82) is 0 Å². The van der Waals surface area contributed by atoms with E-state index < -0.39 is 11.2 Å². The lowest BCUT2D eigenvalue weighted by molar-refractivity contribution is 0.101. The molecule has 0 atom stereocenters. The van der Waals surface area contributed by atoms with Gasteiger partial charge in [0.25, 0.3) is 0 Å². The number of benzene rings is 2. The van der Waals surface area contributed by atoms with E-state index in [0.717, 1.165) is 0 Å². The van der Waals surface area contributed by atoms with Crippen LogP contribution in [0.4, 0.5) is 11.5 Å². The molecule has 2 aromatic carbocycles. The highest BCUT2D eigenvalue weighted by Crippen LogP contribution is 2.37. The molecule has 5 nitrogen and oxygen atoms in total. The molecular formula is C18H13Cl3N2O3. The number of halogens is 3. The number of aromatic nitrogens is 1. The lowest BCUT2D eigenvalue weighted by atomic mass is 10.1. The minimum Gasteiger partial charge on any atom is -0.494 e. The van der Waals surface area contributed by atoms with Gasteiger partial charge in [0, 0.05) is 10.7 Å². The number of fused-ring (bicyclic) bond motifs is 1. The second kappa shape index (κ2) is 7.19. The lowest BCUT2D eigenvalue weighted by Gasteiger charge is -2.15. The number of aromatic amines is 1. The summed E-state index contributed by atoms with van der Waals surface area (Å²) in [7, 11) is 1.39. The Bertz CT molecular complexity index is 1080. The van der Waals surface area contributed by atoms with E-state index in [0.29, 0.717) is 16.2 Å². The van der Waals surface area contributed by atoms with Crippen molar-refractivity contribution in [1.82, 2.24) is 4.98 Å². The van der Waals surface area contributed by atoms with Crippen LogP contribution in [0.15, 0.2) is 35.1 Å². The number of pyridine rings is 1. The van der Waals surface area contributed by atoms with Crippen LogP contribution in [-0.2, 0) is 0 Å². The van der Waals surface area contributed by atoms with E-state index in [4.69, 9.17) is 39.5 Å². The number of ketones is 1. The number of Topliss-reactive ketones (excluding diaryl/α,β-unsaturated/α-hetero) is 1. The molecule has 0 aliphatic carbocycles. The van der Waals surface area contributed by atoms with Gasteiger partial charge in [-0.25, -0.2) is 0 Å². The van der Waals surface area contributed by atoms with Crippen LogP contribution in [0.1, 0.15) is 17.3 Å². The van der Waals surface area contributed by atoms with Crippen LogP contribution >= 0.6 is 34.8 Å². The molecule has 0 radical (unpaired) electrons. The van der Waals surface area contributed by atoms with Gasteiger partial charge in [-0.2, -0.15) is 0 Å². The summed E-state index contributed by atoms with van der Waals surface area (Å²) in [5, 5.41) is 4.13. The van der Waals surface area contributed by atoms with Crippen LogP contribution in [0.3, 0.4) is 0 Å². The highest BCUT2D eigenvalue weighted by Gasteiger charge is 2.22. The Labute approximate surface area is 163 Å². The Morgan fingerprint density at radius 2 is 1.77 bits per heavy atom. The van der Waals surface area contributed by atoms with Crippen LogP contribution in [0, 0.1) is 0 Å². The van der Waals surface area contributed by atoms with Crippen LogP contribution in [0.25, 0.3) is 10.9 Å². The van der Waals surface area contributed by atoms with E-state index in [2.05, 4.69) is 10.3 Å². The topological polar surface area (TPSA) is 71.2 Å². The maximum Gasteiger partial charge on any atom is 0.206 e. The number of carbonyl (C=O) groups excluding carboxylic acids is 1. The molecule has 0 fully saturated rings. The van der Waals surface area contributed by atoms with Gasteiger partial charge in [0.15, 0.2) is 11.5 Å². The minimum absolute atomic E-state index is 0.0518. The van der Waals surface area contributed by atoms with Crippen LogP contribution in [0.2, 0.25) is 15.1 Å². The van der Waals surface area contributed by atoms with Gasteiger partial charge in [0.05, 0.1) is 28.1 Å². The molecule has 3 aromatic rings. The number of rotatable bonds is 4. The van der Waals surface area contributed by atoms with E-state index in [9.17, 15) is 9.59 Å². The Hall–Kier alpha value is -2.21. The number of methoxy groups -OCH3 is 1. The van der Waals surface area contributed by atoms with Gasteiger partial charge in [-0.05, 0) is 37.3 Å². The summed E-state index contributed by atoms with van der Waals surface area (Å²) in [4.78, 5) is 28.2. The van der Waals surface area contributed by atoms with E-state index in [1.165, 1.54) is 20.1 Å². The normalized spacial score (nSPS) is 10.8. The number of H-pyrrole nitrogens is 1. The Balaban J connectivity index is 2.33. The first-order valence-corrected chi connectivity index (χ1v) is 8.62. The van der Waals surface area contributed by atoms with Gasteiger partial charge < -0.3 is 15.0 Å². The fourth-order valence-corrected chi connectivity index (χ4v) is 3.39. The third-order valence-corrected chi connectivity index (χ3v) is 4.64. The lowest BCUT2D eigenvalue weighted by Crippen LogP contribution is -2.18. The largest absolute Gasteiger partial charge is 0.494 e. The fourth-order valence-electron chi connectivity index (χ4n) is 2.67. The number of anilines is 2. The van der Waals surface area contributed by atoms with Crippen molar-refractivity contribution in [3.63, 3.8) is 0 Å². The summed E-state index contributed by atoms with van der Waals surface area (Å²) in [6, 6.07) is 8.29. The second-order valence-corrected chi connectivity index (χ2v) is 6.77. The SMILES string of the molecule is COc1c(Cl)cc(Cl)c2[nH]c(Nc3ccc(Cl)cc3)c(C(C)=O)c(=O)c12. The maximum atomic E-state index is 13.0. The van der Waals surface area contributed by atoms with Crippen LogP contribution in [-0.4, -0.2) is 17.9 Å². The first-order chi connectivity index (χ1) is 12.3. The molecule has 0 bridgehead atoms. The summed E-state index contributed by atoms with van der Waals surface area (Å²) in [5.41, 5.74) is 0.386. The molecule has 2 N–H and O–H groups in total. The van der Waals surface area contributed by atoms with Crippen molar-refractivity contribution in [2.45, 2.75) is 6.92 Å². The zero-order valence-corrected chi connectivity index (χ0v) is 16.0. The Kier molecular flexibility index (Phi) is 5.14. The van der Waals surface area contributed by atoms with E-state index in [1.54, 1.807) is 24.3 Å². The second-order valence-electron chi connectivity index (χ2n) is 5.52. The zero-order valence-electron chi connectivity index (χ0n) is 13.7. The third kappa shape index (κ3) is 3.26. The van der Waals surface area contributed by atoms with Crippen LogP contribution < -0.4 is 15.5 Å². The summed E-state index contributed by atoms with van der Waals surface area (Å²) in [5.74, 6) is -0.0285. The molecule has 0 amide bonds. The maximum absolute atomic E-state index is 13.0. The average molecular weight is 412 g/mol. The van der Waals surface area contributed by atoms with E-state index >= 15 is 0 Å². The summed E-state index contributed by atoms with van der Waals surface area (Å²) in [6.45, 7) is 1.31. The Morgan fingerprint density at radius 1 is 1.12 bits per heavy atom. The number of hydrogen-bond donors (Lipinski definition) is 2. The molecule has 0 aliphatic heterocycles. The molecule has 134 valence electrons. The van der Waals surface area contributed by atoms with Gasteiger partial charge in [-0.3, -0.25) is 9.59 Å². The molecule has 0 unspecified atom stereocenters. The highest BCUT2D eigenvalue weighted by molar-refractivity contribution is 6.39. The highest BCUT2D eigenvalue weighted by atomic mass is 35.5. The predicted octanol–water partition coefficient (Wildman–Crippen LogP) is 5.44. The first kappa shape index (κ1) is 18.6. The van der Waals surface area contributed by atoms with Crippen LogP contribution in [0.5, 0.6) is 5.75 Å². The number of nitrogens with one attached hydrogen (secondary N) is 2. The van der Waals surface area contributed by atoms with Crippen molar-refractivity contribution < 1.29 is 9.53 Å². The first-order valence-electron chi connectivity index (χ1n) is 7.49. The number of hydrogen-bond acceptors (Lipinski definition) is 4. The number of ether oxygens (including phenoxy) is 1. The van der Waals surface area contributed by atoms with Crippen molar-refractivity contribution in [2.75, 3.05) is 12.4 Å². The predicted molar refractivity (Wildman–Crippen MR) is 106 cm³/mol. The molecule has 0 saturated heterocycles. The molecule has 26 heavy (non-hydrogen) atoms. The monoisotopic (exact) mass is 410 g/mol. The smallest absolute Gasteiger partial charge is 0.206 e. The summed E-state index contributed by atoms with van der Waals surface area (Å²) >= 11 is 18.3. The molecule has 1 aromatic heterocycles. The molecule has 1 heterocycles. The summed E-state index contributed by atoms with van der Waals surface area (Å²) < 4.78 is 5.24. The van der Waals surface area contributed by atoms with Gasteiger partial charge in [-0.15, -0.1) is 0 Å². The standard InChI is InChI=1S/C18H13Cl3N2O3/c1-8(24)13-16(25)14-15(11(20)7-12(21)17(14)26-2)23-18(13)22-10-5-3-9(19)4-6-10/h3-7H,1-2H3,(H2,22,23,25). The van der Waals surface area contributed by atoms with Crippen molar-refractivity contribution in [3.05, 3.63) is 61.2 Å². The minimum atomic E-state index is -0.524. The van der Waals surface area contributed by atoms with Crippen molar-refractivity contribution in [2.24, 2.45) is 0 Å². The van der Waals surface area contributed by atoms with Crippen molar-refractivity contribution in [3.8, 4) is 5.75 Å². The van der Waals surface area contributed by atoms with E-state index in [-0.39, 0.29) is 32.6 Å². The fraction of sp³-hybridized carbons (Fsp3) is 0.111. The third-order valence-electron chi connectivity index (χ3n) is 3.81. The van der Waals surface area contributed by atoms with Gasteiger partial charge in [0.1, 0.15) is 11.4 Å². The summed E-state index contributed by atoms with van der Waals surface area (Å²) in [6.07, 6.45) is 0. The quantitative estimate of drug-likeness (QED) is 0.561. The molecule has 0 spiro atoms. The molecule has 8 heteroatoms. The molecule has 0 aliphatic rings. The molecule has 3 rings (SSSR count). The molecular weight excluding hydrogens is 399 g/mol.